The predicted octanol–water partition coefficient (Wildman–Crippen LogP) is 4.83. The van der Waals surface area contributed by atoms with Crippen molar-refractivity contribution in [3.8, 4) is 11.5 Å². The molecule has 2 aromatic carbocycles. The van der Waals surface area contributed by atoms with Gasteiger partial charge in [-0.2, -0.15) is 5.10 Å². The molecule has 0 bridgehead atoms. The van der Waals surface area contributed by atoms with Crippen molar-refractivity contribution in [1.82, 2.24) is 5.43 Å². The number of hydrogen-bond acceptors (Lipinski definition) is 4. The van der Waals surface area contributed by atoms with E-state index in [1.807, 2.05) is 32.0 Å². The number of nitrogens with zero attached hydrogens (tertiary/aromatic N) is 1. The van der Waals surface area contributed by atoms with Crippen molar-refractivity contribution < 1.29 is 14.6 Å². The van der Waals surface area contributed by atoms with Crippen LogP contribution in [-0.2, 0) is 4.79 Å². The van der Waals surface area contributed by atoms with E-state index in [-0.39, 0.29) is 18.3 Å². The van der Waals surface area contributed by atoms with Gasteiger partial charge in [0, 0.05) is 10.0 Å². The molecule has 1 amide bonds. The molecular weight excluding hydrogens is 520 g/mol. The number of halogens is 3. The third kappa shape index (κ3) is 5.55. The Balaban J connectivity index is 1.96. The monoisotopic (exact) mass is 532 g/mol. The highest BCUT2D eigenvalue weighted by molar-refractivity contribution is 9.11. The first-order valence-electron chi connectivity index (χ1n) is 7.17. The zero-order valence-electron chi connectivity index (χ0n) is 13.4. The average Bonchev–Trinajstić information content (AvgIpc) is 2.53. The van der Waals surface area contributed by atoms with Gasteiger partial charge in [-0.1, -0.05) is 22.0 Å². The third-order valence-electron chi connectivity index (χ3n) is 3.13. The van der Waals surface area contributed by atoms with Crippen LogP contribution in [-0.4, -0.2) is 23.8 Å². The molecule has 5 nitrogen and oxygen atoms in total. The quantitative estimate of drug-likeness (QED) is 0.426. The standard InChI is InChI=1S/C17H15Br3N2O3/c1-9-3-10(2)5-11(4-9)25-8-15(23)22-21-7-12-13(18)6-14(19)17(24)16(12)20/h3-7,24H,8H2,1-2H3,(H,22,23). The second-order valence-electron chi connectivity index (χ2n) is 5.32. The van der Waals surface area contributed by atoms with Gasteiger partial charge < -0.3 is 9.84 Å². The molecule has 0 saturated heterocycles. The number of carbonyl (C=O) groups excluding carboxylic acids is 1. The number of aromatic hydroxyl groups is 1. The number of nitrogens with one attached hydrogen (secondary N) is 1. The SMILES string of the molecule is Cc1cc(C)cc(OCC(=O)NN=Cc2c(Br)cc(Br)c(O)c2Br)c1. The molecule has 132 valence electrons. The fourth-order valence-corrected chi connectivity index (χ4v) is 4.40. The Morgan fingerprint density at radius 2 is 1.80 bits per heavy atom. The van der Waals surface area contributed by atoms with Gasteiger partial charge in [0.25, 0.3) is 5.91 Å². The van der Waals surface area contributed by atoms with Crippen molar-refractivity contribution in [2.75, 3.05) is 6.61 Å². The lowest BCUT2D eigenvalue weighted by atomic mass is 10.1. The Morgan fingerprint density at radius 3 is 2.44 bits per heavy atom. The number of amides is 1. The molecule has 2 aromatic rings. The van der Waals surface area contributed by atoms with Crippen LogP contribution in [0.3, 0.4) is 0 Å². The molecule has 0 saturated carbocycles. The molecule has 0 aliphatic carbocycles. The van der Waals surface area contributed by atoms with E-state index < -0.39 is 0 Å². The molecule has 25 heavy (non-hydrogen) atoms. The maximum absolute atomic E-state index is 11.8. The third-order valence-corrected chi connectivity index (χ3v) is 5.19. The molecule has 8 heteroatoms. The summed E-state index contributed by atoms with van der Waals surface area (Å²) in [6.45, 7) is 3.79. The topological polar surface area (TPSA) is 70.9 Å². The fraction of sp³-hybridized carbons (Fsp3) is 0.176. The summed E-state index contributed by atoms with van der Waals surface area (Å²) in [5.41, 5.74) is 5.12. The van der Waals surface area contributed by atoms with Crippen LogP contribution in [0.4, 0.5) is 0 Å². The average molecular weight is 535 g/mol. The van der Waals surface area contributed by atoms with Gasteiger partial charge in [0.05, 0.1) is 15.2 Å². The zero-order chi connectivity index (χ0) is 18.6. The second kappa shape index (κ2) is 8.82. The molecule has 0 fully saturated rings. The first-order chi connectivity index (χ1) is 11.8. The maximum Gasteiger partial charge on any atom is 0.277 e. The number of rotatable bonds is 5. The largest absolute Gasteiger partial charge is 0.506 e. The van der Waals surface area contributed by atoms with Crippen molar-refractivity contribution in [2.45, 2.75) is 13.8 Å². The first-order valence-corrected chi connectivity index (χ1v) is 9.55. The Labute approximate surface area is 170 Å². The highest BCUT2D eigenvalue weighted by atomic mass is 79.9. The van der Waals surface area contributed by atoms with Gasteiger partial charge in [-0.25, -0.2) is 5.43 Å². The van der Waals surface area contributed by atoms with E-state index in [2.05, 4.69) is 58.3 Å². The Morgan fingerprint density at radius 1 is 1.16 bits per heavy atom. The number of ether oxygens (including phenoxy) is 1. The van der Waals surface area contributed by atoms with Crippen LogP contribution in [0.1, 0.15) is 16.7 Å². The van der Waals surface area contributed by atoms with Crippen molar-refractivity contribution in [2.24, 2.45) is 5.10 Å². The number of aryl methyl sites for hydroxylation is 2. The van der Waals surface area contributed by atoms with Crippen LogP contribution in [0, 0.1) is 13.8 Å². The van der Waals surface area contributed by atoms with Crippen LogP contribution >= 0.6 is 47.8 Å². The Hall–Kier alpha value is -1.38. The Kier molecular flexibility index (Phi) is 7.04. The van der Waals surface area contributed by atoms with Gasteiger partial charge in [-0.15, -0.1) is 0 Å². The minimum absolute atomic E-state index is 0.0501. The molecule has 0 aromatic heterocycles. The molecule has 0 spiro atoms. The summed E-state index contributed by atoms with van der Waals surface area (Å²) in [6, 6.07) is 7.44. The molecule has 0 aliphatic heterocycles. The van der Waals surface area contributed by atoms with E-state index in [9.17, 15) is 9.90 Å². The van der Waals surface area contributed by atoms with Gasteiger partial charge in [0.15, 0.2) is 6.61 Å². The molecule has 0 atom stereocenters. The van der Waals surface area contributed by atoms with E-state index in [0.717, 1.165) is 11.1 Å². The molecule has 0 radical (unpaired) electrons. The number of carbonyl (C=O) groups is 1. The minimum Gasteiger partial charge on any atom is -0.506 e. The summed E-state index contributed by atoms with van der Waals surface area (Å²) in [6.07, 6.45) is 1.43. The van der Waals surface area contributed by atoms with E-state index >= 15 is 0 Å². The summed E-state index contributed by atoms with van der Waals surface area (Å²) in [5.74, 6) is 0.304. The van der Waals surface area contributed by atoms with Crippen molar-refractivity contribution >= 4 is 59.9 Å². The van der Waals surface area contributed by atoms with Crippen LogP contribution in [0.2, 0.25) is 0 Å². The van der Waals surface area contributed by atoms with Crippen LogP contribution in [0.25, 0.3) is 0 Å². The summed E-state index contributed by atoms with van der Waals surface area (Å²) in [7, 11) is 0. The molecule has 2 rings (SSSR count). The Bertz CT molecular complexity index is 818. The number of phenolic OH excluding ortho intramolecular Hbond substituents is 1. The van der Waals surface area contributed by atoms with Crippen LogP contribution < -0.4 is 10.2 Å². The molecule has 2 N–H and O–H groups in total. The summed E-state index contributed by atoms with van der Waals surface area (Å²) < 4.78 is 7.16. The van der Waals surface area contributed by atoms with Crippen molar-refractivity contribution in [3.05, 3.63) is 54.4 Å². The normalized spacial score (nSPS) is 10.9. The number of benzene rings is 2. The zero-order valence-corrected chi connectivity index (χ0v) is 18.2. The smallest absolute Gasteiger partial charge is 0.277 e. The van der Waals surface area contributed by atoms with E-state index in [1.54, 1.807) is 6.07 Å². The minimum atomic E-state index is -0.385. The molecule has 0 heterocycles. The lowest BCUT2D eigenvalue weighted by molar-refractivity contribution is -0.123. The lowest BCUT2D eigenvalue weighted by Crippen LogP contribution is -2.24. The maximum atomic E-state index is 11.8. The van der Waals surface area contributed by atoms with Gasteiger partial charge in [-0.3, -0.25) is 4.79 Å². The first kappa shape index (κ1) is 19.9. The number of phenols is 1. The second-order valence-corrected chi connectivity index (χ2v) is 7.82. The van der Waals surface area contributed by atoms with Crippen LogP contribution in [0.5, 0.6) is 11.5 Å². The van der Waals surface area contributed by atoms with Gasteiger partial charge in [0.2, 0.25) is 0 Å². The van der Waals surface area contributed by atoms with Crippen molar-refractivity contribution in [3.63, 3.8) is 0 Å². The fourth-order valence-electron chi connectivity index (χ4n) is 2.08. The van der Waals surface area contributed by atoms with Gasteiger partial charge >= 0.3 is 0 Å². The highest BCUT2D eigenvalue weighted by Gasteiger charge is 2.12. The van der Waals surface area contributed by atoms with Crippen molar-refractivity contribution in [1.29, 1.82) is 0 Å². The molecule has 0 unspecified atom stereocenters. The predicted molar refractivity (Wildman–Crippen MR) is 108 cm³/mol. The van der Waals surface area contributed by atoms with E-state index in [0.29, 0.717) is 24.7 Å². The lowest BCUT2D eigenvalue weighted by Gasteiger charge is -2.08. The summed E-state index contributed by atoms with van der Waals surface area (Å²) >= 11 is 9.89. The highest BCUT2D eigenvalue weighted by Crippen LogP contribution is 2.38. The van der Waals surface area contributed by atoms with Crippen LogP contribution in [0.15, 0.2) is 42.8 Å². The summed E-state index contributed by atoms with van der Waals surface area (Å²) in [4.78, 5) is 11.8. The summed E-state index contributed by atoms with van der Waals surface area (Å²) in [5, 5.41) is 13.8. The number of hydrogen-bond donors (Lipinski definition) is 2. The number of hydrazone groups is 1. The van der Waals surface area contributed by atoms with E-state index in [4.69, 9.17) is 4.74 Å². The van der Waals surface area contributed by atoms with Gasteiger partial charge in [-0.05, 0) is 75.0 Å². The van der Waals surface area contributed by atoms with Gasteiger partial charge in [0.1, 0.15) is 11.5 Å². The molecular formula is C17H15Br3N2O3. The molecule has 0 aliphatic rings. The van der Waals surface area contributed by atoms with E-state index in [1.165, 1.54) is 6.21 Å².